The first kappa shape index (κ1) is 18.7. The highest BCUT2D eigenvalue weighted by Crippen LogP contribution is 2.26. The number of amides is 2. The van der Waals surface area contributed by atoms with Crippen molar-refractivity contribution in [1.82, 2.24) is 14.7 Å². The van der Waals surface area contributed by atoms with Gasteiger partial charge in [-0.1, -0.05) is 12.5 Å². The molecule has 1 atom stereocenters. The van der Waals surface area contributed by atoms with Crippen LogP contribution in [0.25, 0.3) is 0 Å². The van der Waals surface area contributed by atoms with Crippen LogP contribution in [0.5, 0.6) is 0 Å². The van der Waals surface area contributed by atoms with E-state index in [1.54, 1.807) is 0 Å². The van der Waals surface area contributed by atoms with Crippen molar-refractivity contribution >= 4 is 18.0 Å². The molecule has 1 unspecified atom stereocenters. The van der Waals surface area contributed by atoms with Gasteiger partial charge in [0.1, 0.15) is 0 Å². The summed E-state index contributed by atoms with van der Waals surface area (Å²) in [5.41, 5.74) is 1.01. The maximum atomic E-state index is 12.8. The molecule has 0 aromatic rings. The quantitative estimate of drug-likeness (QED) is 0.755. The number of aliphatic imine (C=N–C) groups is 1. The minimum absolute atomic E-state index is 0.00164. The van der Waals surface area contributed by atoms with Gasteiger partial charge in [0.2, 0.25) is 11.8 Å². The van der Waals surface area contributed by atoms with Gasteiger partial charge in [0.05, 0.1) is 18.4 Å². The van der Waals surface area contributed by atoms with E-state index in [4.69, 9.17) is 0 Å². The van der Waals surface area contributed by atoms with E-state index >= 15 is 0 Å². The standard InChI is InChI=1S/C21H32N4O2/c1-16-6-7-17(13-22-16)12-20(26)25-14-18(15-25)21(27)24-9-3-8-23(10-11-24)19-4-2-5-19/h7,13,16,18-19H,2-6,8-12,14-15H2,1H3. The highest BCUT2D eigenvalue weighted by atomic mass is 16.2. The second kappa shape index (κ2) is 8.13. The lowest BCUT2D eigenvalue weighted by Gasteiger charge is -2.41. The van der Waals surface area contributed by atoms with E-state index in [2.05, 4.69) is 22.9 Å². The van der Waals surface area contributed by atoms with Crippen LogP contribution in [0.15, 0.2) is 16.6 Å². The molecule has 0 N–H and O–H groups in total. The number of hydrogen-bond acceptors (Lipinski definition) is 4. The maximum absolute atomic E-state index is 12.8. The molecule has 3 fully saturated rings. The van der Waals surface area contributed by atoms with Gasteiger partial charge in [-0.15, -0.1) is 0 Å². The average Bonchev–Trinajstić information content (AvgIpc) is 2.80. The van der Waals surface area contributed by atoms with Gasteiger partial charge in [-0.2, -0.15) is 0 Å². The Hall–Kier alpha value is -1.69. The molecule has 2 amide bonds. The Bertz CT molecular complexity index is 634. The van der Waals surface area contributed by atoms with Crippen molar-refractivity contribution in [3.8, 4) is 0 Å². The average molecular weight is 373 g/mol. The van der Waals surface area contributed by atoms with Crippen molar-refractivity contribution in [3.05, 3.63) is 11.6 Å². The van der Waals surface area contributed by atoms with Crippen LogP contribution < -0.4 is 0 Å². The third-order valence-corrected chi connectivity index (χ3v) is 6.59. The van der Waals surface area contributed by atoms with Gasteiger partial charge in [0, 0.05) is 51.5 Å². The SMILES string of the molecule is CC1CC=C(CC(=O)N2CC(C(=O)N3CCCN(C4CCC4)CC3)C2)C=N1. The fourth-order valence-electron chi connectivity index (χ4n) is 4.43. The van der Waals surface area contributed by atoms with Crippen molar-refractivity contribution in [3.63, 3.8) is 0 Å². The molecule has 6 nitrogen and oxygen atoms in total. The van der Waals surface area contributed by atoms with Gasteiger partial charge < -0.3 is 9.80 Å². The van der Waals surface area contributed by atoms with E-state index < -0.39 is 0 Å². The number of likely N-dealkylation sites (tertiary alicyclic amines) is 1. The van der Waals surface area contributed by atoms with E-state index in [1.807, 2.05) is 16.0 Å². The molecule has 3 heterocycles. The van der Waals surface area contributed by atoms with Gasteiger partial charge in [0.15, 0.2) is 0 Å². The summed E-state index contributed by atoms with van der Waals surface area (Å²) in [6, 6.07) is 1.08. The van der Waals surface area contributed by atoms with Crippen molar-refractivity contribution < 1.29 is 9.59 Å². The first-order valence-corrected chi connectivity index (χ1v) is 10.6. The minimum Gasteiger partial charge on any atom is -0.341 e. The fraction of sp³-hybridized carbons (Fsp3) is 0.762. The lowest BCUT2D eigenvalue weighted by atomic mass is 9.91. The highest BCUT2D eigenvalue weighted by Gasteiger charge is 2.38. The van der Waals surface area contributed by atoms with Crippen molar-refractivity contribution in [2.45, 2.75) is 57.5 Å². The summed E-state index contributed by atoms with van der Waals surface area (Å²) in [4.78, 5) is 36.1. The fourth-order valence-corrected chi connectivity index (χ4v) is 4.43. The van der Waals surface area contributed by atoms with Crippen LogP contribution in [0, 0.1) is 5.92 Å². The second-order valence-corrected chi connectivity index (χ2v) is 8.61. The molecule has 2 saturated heterocycles. The molecule has 148 valence electrons. The smallest absolute Gasteiger partial charge is 0.229 e. The molecule has 3 aliphatic heterocycles. The van der Waals surface area contributed by atoms with Crippen LogP contribution in [0.4, 0.5) is 0 Å². The zero-order chi connectivity index (χ0) is 18.8. The summed E-state index contributed by atoms with van der Waals surface area (Å²) in [5.74, 6) is 0.373. The normalized spacial score (nSPS) is 27.6. The van der Waals surface area contributed by atoms with Crippen LogP contribution in [0.1, 0.15) is 45.4 Å². The molecule has 0 bridgehead atoms. The topological polar surface area (TPSA) is 56.2 Å². The molecule has 4 rings (SSSR count). The number of carbonyl (C=O) groups is 2. The molecule has 0 aromatic heterocycles. The van der Waals surface area contributed by atoms with E-state index in [-0.39, 0.29) is 17.7 Å². The monoisotopic (exact) mass is 372 g/mol. The second-order valence-electron chi connectivity index (χ2n) is 8.61. The maximum Gasteiger partial charge on any atom is 0.229 e. The summed E-state index contributed by atoms with van der Waals surface area (Å²) >= 11 is 0. The summed E-state index contributed by atoms with van der Waals surface area (Å²) in [6.07, 6.45) is 10.4. The Kier molecular flexibility index (Phi) is 5.62. The number of dihydropyridines is 1. The zero-order valence-corrected chi connectivity index (χ0v) is 16.5. The summed E-state index contributed by atoms with van der Waals surface area (Å²) in [6.45, 7) is 7.10. The lowest BCUT2D eigenvalue weighted by molar-refractivity contribution is -0.148. The number of carbonyl (C=O) groups excluding carboxylic acids is 2. The first-order chi connectivity index (χ1) is 13.1. The van der Waals surface area contributed by atoms with Crippen LogP contribution in [0.2, 0.25) is 0 Å². The molecule has 4 aliphatic rings. The van der Waals surface area contributed by atoms with Crippen LogP contribution >= 0.6 is 0 Å². The van der Waals surface area contributed by atoms with Crippen LogP contribution in [0.3, 0.4) is 0 Å². The number of nitrogens with zero attached hydrogens (tertiary/aromatic N) is 4. The minimum atomic E-state index is -0.00164. The lowest BCUT2D eigenvalue weighted by Crippen LogP contribution is -2.57. The van der Waals surface area contributed by atoms with Gasteiger partial charge in [-0.05, 0) is 38.2 Å². The molecule has 1 saturated carbocycles. The van der Waals surface area contributed by atoms with E-state index in [0.29, 0.717) is 25.6 Å². The summed E-state index contributed by atoms with van der Waals surface area (Å²) < 4.78 is 0. The molecule has 1 aliphatic carbocycles. The Balaban J connectivity index is 1.21. The zero-order valence-electron chi connectivity index (χ0n) is 16.5. The first-order valence-electron chi connectivity index (χ1n) is 10.6. The third kappa shape index (κ3) is 4.26. The van der Waals surface area contributed by atoms with Gasteiger partial charge >= 0.3 is 0 Å². The molecule has 0 spiro atoms. The van der Waals surface area contributed by atoms with Gasteiger partial charge in [-0.3, -0.25) is 19.5 Å². The molecular formula is C21H32N4O2. The molecule has 0 radical (unpaired) electrons. The van der Waals surface area contributed by atoms with Gasteiger partial charge in [0.25, 0.3) is 0 Å². The van der Waals surface area contributed by atoms with Gasteiger partial charge in [-0.25, -0.2) is 0 Å². The van der Waals surface area contributed by atoms with Crippen molar-refractivity contribution in [2.75, 3.05) is 39.3 Å². The van der Waals surface area contributed by atoms with E-state index in [0.717, 1.165) is 50.6 Å². The number of rotatable bonds is 4. The number of hydrogen-bond donors (Lipinski definition) is 0. The van der Waals surface area contributed by atoms with Crippen LogP contribution in [-0.4, -0.2) is 84.1 Å². The van der Waals surface area contributed by atoms with Crippen molar-refractivity contribution in [2.24, 2.45) is 10.9 Å². The Morgan fingerprint density at radius 1 is 1.07 bits per heavy atom. The van der Waals surface area contributed by atoms with E-state index in [1.165, 1.54) is 19.3 Å². The predicted octanol–water partition coefficient (Wildman–Crippen LogP) is 1.71. The third-order valence-electron chi connectivity index (χ3n) is 6.59. The molecule has 6 heteroatoms. The molecule has 0 aromatic carbocycles. The summed E-state index contributed by atoms with van der Waals surface area (Å²) in [5, 5.41) is 0. The Morgan fingerprint density at radius 3 is 2.56 bits per heavy atom. The summed E-state index contributed by atoms with van der Waals surface area (Å²) in [7, 11) is 0. The molecule has 27 heavy (non-hydrogen) atoms. The largest absolute Gasteiger partial charge is 0.341 e. The predicted molar refractivity (Wildman–Crippen MR) is 106 cm³/mol. The highest BCUT2D eigenvalue weighted by molar-refractivity contribution is 5.91. The molecular weight excluding hydrogens is 340 g/mol. The van der Waals surface area contributed by atoms with E-state index in [9.17, 15) is 9.59 Å². The Labute approximate surface area is 162 Å². The van der Waals surface area contributed by atoms with Crippen molar-refractivity contribution in [1.29, 1.82) is 0 Å². The Morgan fingerprint density at radius 2 is 1.89 bits per heavy atom. The van der Waals surface area contributed by atoms with Crippen LogP contribution in [-0.2, 0) is 9.59 Å².